The van der Waals surface area contributed by atoms with E-state index in [-0.39, 0.29) is 10.6 Å². The summed E-state index contributed by atoms with van der Waals surface area (Å²) in [5, 5.41) is 2.38. The summed E-state index contributed by atoms with van der Waals surface area (Å²) in [5.74, 6) is -0.400. The van der Waals surface area contributed by atoms with E-state index in [1.165, 1.54) is 6.07 Å². The second-order valence-corrected chi connectivity index (χ2v) is 6.18. The molecule has 104 valence electrons. The standard InChI is InChI=1S/C11H16N4O3S/c1-6-4-7(2)9(8(5-6)19(3,17)18)14-11(16)15-10(12)13/h4-5H,1-3H3,(H5,12,13,14,15,16). The number of hydrogen-bond donors (Lipinski definition) is 3. The van der Waals surface area contributed by atoms with Gasteiger partial charge in [-0.25, -0.2) is 13.2 Å². The van der Waals surface area contributed by atoms with Gasteiger partial charge in [0.2, 0.25) is 0 Å². The highest BCUT2D eigenvalue weighted by Crippen LogP contribution is 2.27. The van der Waals surface area contributed by atoms with Crippen LogP contribution in [0.25, 0.3) is 0 Å². The van der Waals surface area contributed by atoms with Gasteiger partial charge in [-0.05, 0) is 31.0 Å². The minimum Gasteiger partial charge on any atom is -0.370 e. The number of guanidine groups is 1. The van der Waals surface area contributed by atoms with Crippen LogP contribution in [-0.4, -0.2) is 26.7 Å². The number of sulfone groups is 1. The lowest BCUT2D eigenvalue weighted by atomic mass is 10.1. The van der Waals surface area contributed by atoms with Crippen molar-refractivity contribution in [2.45, 2.75) is 18.7 Å². The summed E-state index contributed by atoms with van der Waals surface area (Å²) < 4.78 is 23.5. The first-order valence-electron chi connectivity index (χ1n) is 5.33. The maximum Gasteiger partial charge on any atom is 0.348 e. The third kappa shape index (κ3) is 3.95. The zero-order valence-electron chi connectivity index (χ0n) is 10.9. The third-order valence-electron chi connectivity index (χ3n) is 2.31. The molecule has 0 bridgehead atoms. The Morgan fingerprint density at radius 1 is 1.26 bits per heavy atom. The highest BCUT2D eigenvalue weighted by atomic mass is 32.2. The highest BCUT2D eigenvalue weighted by molar-refractivity contribution is 7.90. The van der Waals surface area contributed by atoms with Crippen LogP contribution in [0.3, 0.4) is 0 Å². The first-order valence-corrected chi connectivity index (χ1v) is 7.22. The Balaban J connectivity index is 3.35. The van der Waals surface area contributed by atoms with Gasteiger partial charge in [0.1, 0.15) is 0 Å². The number of aliphatic imine (C=N–C) groups is 1. The van der Waals surface area contributed by atoms with Crippen LogP contribution in [0, 0.1) is 13.8 Å². The number of hydrogen-bond acceptors (Lipinski definition) is 3. The van der Waals surface area contributed by atoms with Gasteiger partial charge in [0.05, 0.1) is 10.6 Å². The fourth-order valence-electron chi connectivity index (χ4n) is 1.63. The van der Waals surface area contributed by atoms with Gasteiger partial charge >= 0.3 is 6.03 Å². The average molecular weight is 284 g/mol. The summed E-state index contributed by atoms with van der Waals surface area (Å²) in [6.45, 7) is 3.45. The van der Waals surface area contributed by atoms with Crippen molar-refractivity contribution in [1.29, 1.82) is 0 Å². The Bertz CT molecular complexity index is 646. The Morgan fingerprint density at radius 3 is 2.32 bits per heavy atom. The Morgan fingerprint density at radius 2 is 1.84 bits per heavy atom. The van der Waals surface area contributed by atoms with E-state index in [2.05, 4.69) is 10.3 Å². The Labute approximate surface area is 111 Å². The fraction of sp³-hybridized carbons (Fsp3) is 0.273. The molecule has 7 nitrogen and oxygen atoms in total. The van der Waals surface area contributed by atoms with E-state index in [9.17, 15) is 13.2 Å². The van der Waals surface area contributed by atoms with Crippen molar-refractivity contribution in [2.75, 3.05) is 11.6 Å². The minimum absolute atomic E-state index is 0.0316. The average Bonchev–Trinajstić information content (AvgIpc) is 2.18. The van der Waals surface area contributed by atoms with Crippen LogP contribution in [0.2, 0.25) is 0 Å². The summed E-state index contributed by atoms with van der Waals surface area (Å²) in [7, 11) is -3.48. The number of carbonyl (C=O) groups excluding carboxylic acids is 1. The van der Waals surface area contributed by atoms with Gasteiger partial charge in [-0.15, -0.1) is 0 Å². The molecule has 0 aromatic heterocycles. The van der Waals surface area contributed by atoms with Gasteiger partial charge in [0.15, 0.2) is 15.8 Å². The fourth-order valence-corrected chi connectivity index (χ4v) is 2.62. The Kier molecular flexibility index (Phi) is 4.15. The number of nitrogens with two attached hydrogens (primary N) is 2. The quantitative estimate of drug-likeness (QED) is 0.538. The molecule has 1 aromatic carbocycles. The maximum absolute atomic E-state index is 11.7. The second-order valence-electron chi connectivity index (χ2n) is 4.19. The van der Waals surface area contributed by atoms with Crippen LogP contribution in [0.4, 0.5) is 10.5 Å². The van der Waals surface area contributed by atoms with Crippen LogP contribution in [0.1, 0.15) is 11.1 Å². The molecule has 0 heterocycles. The van der Waals surface area contributed by atoms with Crippen LogP contribution >= 0.6 is 0 Å². The lowest BCUT2D eigenvalue weighted by Crippen LogP contribution is -2.26. The molecule has 19 heavy (non-hydrogen) atoms. The molecule has 5 N–H and O–H groups in total. The molecular formula is C11H16N4O3S. The first-order chi connectivity index (χ1) is 8.61. The topological polar surface area (TPSA) is 128 Å². The number of amides is 2. The van der Waals surface area contributed by atoms with Crippen molar-refractivity contribution in [3.05, 3.63) is 23.3 Å². The molecule has 8 heteroatoms. The first kappa shape index (κ1) is 15.0. The molecule has 0 aliphatic carbocycles. The number of nitrogens with one attached hydrogen (secondary N) is 1. The molecule has 0 saturated heterocycles. The van der Waals surface area contributed by atoms with Crippen molar-refractivity contribution in [3.8, 4) is 0 Å². The molecule has 0 radical (unpaired) electrons. The van der Waals surface area contributed by atoms with E-state index in [1.807, 2.05) is 0 Å². The summed E-state index contributed by atoms with van der Waals surface area (Å²) in [6.07, 6.45) is 1.07. The van der Waals surface area contributed by atoms with Crippen LogP contribution in [0.15, 0.2) is 22.0 Å². The van der Waals surface area contributed by atoms with Crippen LogP contribution in [-0.2, 0) is 9.84 Å². The van der Waals surface area contributed by atoms with Crippen molar-refractivity contribution in [1.82, 2.24) is 0 Å². The van der Waals surface area contributed by atoms with E-state index in [0.29, 0.717) is 5.56 Å². The highest BCUT2D eigenvalue weighted by Gasteiger charge is 2.17. The van der Waals surface area contributed by atoms with Crippen molar-refractivity contribution in [2.24, 2.45) is 16.5 Å². The molecule has 2 amide bonds. The summed E-state index contributed by atoms with van der Waals surface area (Å²) in [6, 6.07) is 2.41. The van der Waals surface area contributed by atoms with E-state index >= 15 is 0 Å². The normalized spacial score (nSPS) is 10.9. The summed E-state index contributed by atoms with van der Waals surface area (Å²) in [4.78, 5) is 14.8. The molecule has 1 aromatic rings. The molecule has 0 aliphatic heterocycles. The smallest absolute Gasteiger partial charge is 0.348 e. The van der Waals surface area contributed by atoms with Crippen molar-refractivity contribution < 1.29 is 13.2 Å². The van der Waals surface area contributed by atoms with E-state index in [1.54, 1.807) is 19.9 Å². The molecular weight excluding hydrogens is 268 g/mol. The van der Waals surface area contributed by atoms with Crippen LogP contribution in [0.5, 0.6) is 0 Å². The zero-order valence-corrected chi connectivity index (χ0v) is 11.7. The largest absolute Gasteiger partial charge is 0.370 e. The number of anilines is 1. The molecule has 0 aliphatic rings. The molecule has 0 fully saturated rings. The molecule has 1 rings (SSSR count). The van der Waals surface area contributed by atoms with Gasteiger partial charge < -0.3 is 16.8 Å². The number of rotatable bonds is 2. The number of nitrogens with zero attached hydrogens (tertiary/aromatic N) is 1. The number of benzene rings is 1. The molecule has 0 unspecified atom stereocenters. The predicted octanol–water partition coefficient (Wildman–Crippen LogP) is 0.512. The summed E-state index contributed by atoms with van der Waals surface area (Å²) >= 11 is 0. The maximum atomic E-state index is 11.7. The summed E-state index contributed by atoms with van der Waals surface area (Å²) in [5.41, 5.74) is 11.7. The lowest BCUT2D eigenvalue weighted by Gasteiger charge is -2.12. The minimum atomic E-state index is -3.48. The number of carbonyl (C=O) groups is 1. The van der Waals surface area contributed by atoms with Gasteiger partial charge in [0.25, 0.3) is 0 Å². The van der Waals surface area contributed by atoms with Crippen molar-refractivity contribution >= 4 is 27.5 Å². The Hall–Kier alpha value is -2.09. The monoisotopic (exact) mass is 284 g/mol. The van der Waals surface area contributed by atoms with Gasteiger partial charge in [-0.1, -0.05) is 6.07 Å². The van der Waals surface area contributed by atoms with Gasteiger partial charge in [-0.2, -0.15) is 4.99 Å². The number of aryl methyl sites for hydroxylation is 2. The third-order valence-corrected chi connectivity index (χ3v) is 3.43. The van der Waals surface area contributed by atoms with Gasteiger partial charge in [-0.3, -0.25) is 0 Å². The van der Waals surface area contributed by atoms with Crippen molar-refractivity contribution in [3.63, 3.8) is 0 Å². The second kappa shape index (κ2) is 5.27. The predicted molar refractivity (Wildman–Crippen MR) is 73.9 cm³/mol. The molecule has 0 atom stereocenters. The molecule has 0 spiro atoms. The van der Waals surface area contributed by atoms with E-state index < -0.39 is 21.8 Å². The van der Waals surface area contributed by atoms with E-state index in [4.69, 9.17) is 11.5 Å². The lowest BCUT2D eigenvalue weighted by molar-refractivity contribution is 0.259. The molecule has 0 saturated carbocycles. The van der Waals surface area contributed by atoms with E-state index in [0.717, 1.165) is 11.8 Å². The van der Waals surface area contributed by atoms with Gasteiger partial charge in [0, 0.05) is 6.26 Å². The zero-order chi connectivity index (χ0) is 14.8. The number of urea groups is 1. The van der Waals surface area contributed by atoms with Crippen LogP contribution < -0.4 is 16.8 Å². The SMILES string of the molecule is Cc1cc(C)c(NC(=O)N=C(N)N)c(S(C)(=O)=O)c1.